The first-order chi connectivity index (χ1) is 6.14. The molecule has 0 aromatic heterocycles. The zero-order valence-electron chi connectivity index (χ0n) is 7.47. The summed E-state index contributed by atoms with van der Waals surface area (Å²) in [5.41, 5.74) is 1.08. The van der Waals surface area contributed by atoms with Crippen molar-refractivity contribution < 1.29 is 9.50 Å². The molecule has 1 heterocycles. The van der Waals surface area contributed by atoms with Gasteiger partial charge in [0, 0.05) is 0 Å². The molecule has 3 heteroatoms. The van der Waals surface area contributed by atoms with Gasteiger partial charge in [0.05, 0.1) is 17.8 Å². The normalized spacial score (nSPS) is 25.5. The highest BCUT2D eigenvalue weighted by molar-refractivity contribution is 5.59. The Morgan fingerprint density at radius 1 is 1.62 bits per heavy atom. The Morgan fingerprint density at radius 3 is 3.00 bits per heavy atom. The molecule has 0 aliphatic carbocycles. The van der Waals surface area contributed by atoms with Crippen molar-refractivity contribution >= 4 is 5.69 Å². The quantitative estimate of drug-likeness (QED) is 0.688. The number of nitrogens with one attached hydrogen (secondary N) is 1. The fourth-order valence-electron chi connectivity index (χ4n) is 1.72. The highest BCUT2D eigenvalue weighted by Crippen LogP contribution is 2.33. The Balaban J connectivity index is 2.40. The Kier molecular flexibility index (Phi) is 1.77. The van der Waals surface area contributed by atoms with Crippen molar-refractivity contribution in [1.82, 2.24) is 0 Å². The van der Waals surface area contributed by atoms with Crippen LogP contribution in [0.5, 0.6) is 0 Å². The van der Waals surface area contributed by atoms with E-state index in [4.69, 9.17) is 5.11 Å². The van der Waals surface area contributed by atoms with E-state index < -0.39 is 5.54 Å². The summed E-state index contributed by atoms with van der Waals surface area (Å²) < 4.78 is 13.2. The van der Waals surface area contributed by atoms with E-state index in [-0.39, 0.29) is 12.4 Å². The molecular weight excluding hydrogens is 169 g/mol. The number of hydrogen-bond donors (Lipinski definition) is 2. The monoisotopic (exact) mass is 181 g/mol. The van der Waals surface area contributed by atoms with E-state index in [1.807, 2.05) is 13.0 Å². The third-order valence-electron chi connectivity index (χ3n) is 2.46. The zero-order valence-corrected chi connectivity index (χ0v) is 7.47. The van der Waals surface area contributed by atoms with Gasteiger partial charge in [-0.2, -0.15) is 0 Å². The summed E-state index contributed by atoms with van der Waals surface area (Å²) in [6.45, 7) is 1.90. The Bertz CT molecular complexity index is 340. The highest BCUT2D eigenvalue weighted by atomic mass is 19.1. The predicted molar refractivity (Wildman–Crippen MR) is 49.2 cm³/mol. The van der Waals surface area contributed by atoms with Gasteiger partial charge in [-0.3, -0.25) is 0 Å². The average molecular weight is 181 g/mol. The van der Waals surface area contributed by atoms with Crippen LogP contribution in [0, 0.1) is 5.82 Å². The van der Waals surface area contributed by atoms with Crippen LogP contribution in [0.4, 0.5) is 10.1 Å². The van der Waals surface area contributed by atoms with Gasteiger partial charge in [0.2, 0.25) is 0 Å². The summed E-state index contributed by atoms with van der Waals surface area (Å²) in [7, 11) is 0. The van der Waals surface area contributed by atoms with E-state index in [2.05, 4.69) is 5.32 Å². The Labute approximate surface area is 76.4 Å². The molecular formula is C10H12FNO. The van der Waals surface area contributed by atoms with E-state index in [1.54, 1.807) is 6.07 Å². The van der Waals surface area contributed by atoms with Crippen molar-refractivity contribution in [3.05, 3.63) is 29.6 Å². The third kappa shape index (κ3) is 1.29. The van der Waals surface area contributed by atoms with Crippen molar-refractivity contribution in [3.63, 3.8) is 0 Å². The lowest BCUT2D eigenvalue weighted by Crippen LogP contribution is -2.36. The van der Waals surface area contributed by atoms with Crippen LogP contribution >= 0.6 is 0 Å². The standard InChI is InChI=1S/C10H12FNO/c1-10(6-13)5-7-3-2-4-8(11)9(7)12-10/h2-4,12-13H,5-6H2,1H3. The smallest absolute Gasteiger partial charge is 0.146 e. The van der Waals surface area contributed by atoms with Crippen LogP contribution < -0.4 is 5.32 Å². The maximum atomic E-state index is 13.2. The highest BCUT2D eigenvalue weighted by Gasteiger charge is 2.32. The number of fused-ring (bicyclic) bond motifs is 1. The molecule has 1 aromatic rings. The molecule has 0 fully saturated rings. The molecule has 2 nitrogen and oxygen atoms in total. The number of halogens is 1. The van der Waals surface area contributed by atoms with Gasteiger partial charge in [0.15, 0.2) is 0 Å². The number of rotatable bonds is 1. The Morgan fingerprint density at radius 2 is 2.38 bits per heavy atom. The van der Waals surface area contributed by atoms with Crippen LogP contribution in [0.15, 0.2) is 18.2 Å². The van der Waals surface area contributed by atoms with Crippen molar-refractivity contribution in [2.45, 2.75) is 18.9 Å². The number of aliphatic hydroxyl groups is 1. The molecule has 13 heavy (non-hydrogen) atoms. The zero-order chi connectivity index (χ0) is 9.47. The van der Waals surface area contributed by atoms with Gasteiger partial charge >= 0.3 is 0 Å². The van der Waals surface area contributed by atoms with E-state index in [0.29, 0.717) is 12.1 Å². The third-order valence-corrected chi connectivity index (χ3v) is 2.46. The lowest BCUT2D eigenvalue weighted by atomic mass is 9.99. The molecule has 2 N–H and O–H groups in total. The second kappa shape index (κ2) is 2.70. The van der Waals surface area contributed by atoms with Crippen molar-refractivity contribution in [3.8, 4) is 0 Å². The first kappa shape index (κ1) is 8.51. The SMILES string of the molecule is CC1(CO)Cc2cccc(F)c2N1. The molecule has 1 aromatic carbocycles. The second-order valence-electron chi connectivity index (χ2n) is 3.79. The van der Waals surface area contributed by atoms with Gasteiger partial charge in [-0.1, -0.05) is 12.1 Å². The second-order valence-corrected chi connectivity index (χ2v) is 3.79. The first-order valence-electron chi connectivity index (χ1n) is 4.31. The predicted octanol–water partition coefficient (Wildman–Crippen LogP) is 1.54. The van der Waals surface area contributed by atoms with Crippen molar-refractivity contribution in [2.24, 2.45) is 0 Å². The van der Waals surface area contributed by atoms with E-state index in [0.717, 1.165) is 5.56 Å². The van der Waals surface area contributed by atoms with Crippen LogP contribution in [0.1, 0.15) is 12.5 Å². The largest absolute Gasteiger partial charge is 0.394 e. The molecule has 0 spiro atoms. The minimum atomic E-state index is -0.398. The van der Waals surface area contributed by atoms with E-state index in [1.165, 1.54) is 6.07 Å². The molecule has 0 saturated carbocycles. The Hall–Kier alpha value is -1.09. The minimum absolute atomic E-state index is 0.0150. The lowest BCUT2D eigenvalue weighted by molar-refractivity contribution is 0.227. The summed E-state index contributed by atoms with van der Waals surface area (Å²) in [4.78, 5) is 0. The van der Waals surface area contributed by atoms with Crippen LogP contribution in [0.3, 0.4) is 0 Å². The van der Waals surface area contributed by atoms with Gasteiger partial charge in [-0.25, -0.2) is 4.39 Å². The molecule has 70 valence electrons. The molecule has 1 unspecified atom stereocenters. The average Bonchev–Trinajstić information content (AvgIpc) is 2.45. The molecule has 1 aliphatic rings. The number of anilines is 1. The van der Waals surface area contributed by atoms with Gasteiger partial charge in [-0.15, -0.1) is 0 Å². The van der Waals surface area contributed by atoms with Crippen molar-refractivity contribution in [2.75, 3.05) is 11.9 Å². The first-order valence-corrected chi connectivity index (χ1v) is 4.31. The maximum Gasteiger partial charge on any atom is 0.146 e. The lowest BCUT2D eigenvalue weighted by Gasteiger charge is -2.21. The van der Waals surface area contributed by atoms with Crippen LogP contribution in [0.25, 0.3) is 0 Å². The summed E-state index contributed by atoms with van der Waals surface area (Å²) in [6, 6.07) is 5.00. The minimum Gasteiger partial charge on any atom is -0.394 e. The summed E-state index contributed by atoms with van der Waals surface area (Å²) in [6.07, 6.45) is 0.677. The number of benzene rings is 1. The molecule has 1 aliphatic heterocycles. The van der Waals surface area contributed by atoms with Gasteiger partial charge in [-0.05, 0) is 25.0 Å². The number of para-hydroxylation sites is 1. The van der Waals surface area contributed by atoms with E-state index in [9.17, 15) is 4.39 Å². The van der Waals surface area contributed by atoms with Crippen molar-refractivity contribution in [1.29, 1.82) is 0 Å². The van der Waals surface area contributed by atoms with Gasteiger partial charge in [0.1, 0.15) is 5.82 Å². The van der Waals surface area contributed by atoms with Gasteiger partial charge in [0.25, 0.3) is 0 Å². The van der Waals surface area contributed by atoms with Crippen LogP contribution in [-0.2, 0) is 6.42 Å². The molecule has 0 radical (unpaired) electrons. The van der Waals surface area contributed by atoms with Crippen LogP contribution in [-0.4, -0.2) is 17.3 Å². The fraction of sp³-hybridized carbons (Fsp3) is 0.400. The molecule has 2 rings (SSSR count). The maximum absolute atomic E-state index is 13.2. The molecule has 1 atom stereocenters. The fourth-order valence-corrected chi connectivity index (χ4v) is 1.72. The van der Waals surface area contributed by atoms with E-state index >= 15 is 0 Å². The summed E-state index contributed by atoms with van der Waals surface area (Å²) in [5, 5.41) is 12.1. The molecule has 0 amide bonds. The summed E-state index contributed by atoms with van der Waals surface area (Å²) >= 11 is 0. The summed E-state index contributed by atoms with van der Waals surface area (Å²) in [5.74, 6) is -0.241. The topological polar surface area (TPSA) is 32.3 Å². The molecule has 0 saturated heterocycles. The number of hydrogen-bond acceptors (Lipinski definition) is 2. The van der Waals surface area contributed by atoms with Gasteiger partial charge < -0.3 is 10.4 Å². The number of aliphatic hydroxyl groups excluding tert-OH is 1. The van der Waals surface area contributed by atoms with Crippen LogP contribution in [0.2, 0.25) is 0 Å². The molecule has 0 bridgehead atoms.